The summed E-state index contributed by atoms with van der Waals surface area (Å²) in [4.78, 5) is 22.8. The Morgan fingerprint density at radius 1 is 1.55 bits per heavy atom. The number of carbonyl (C=O) groups excluding carboxylic acids is 1. The second-order valence-electron chi connectivity index (χ2n) is 4.90. The van der Waals surface area contributed by atoms with E-state index in [1.807, 2.05) is 0 Å². The highest BCUT2D eigenvalue weighted by molar-refractivity contribution is 8.00. The van der Waals surface area contributed by atoms with Crippen molar-refractivity contribution >= 4 is 23.4 Å². The molecule has 3 N–H and O–H groups in total. The lowest BCUT2D eigenvalue weighted by molar-refractivity contribution is -0.387. The molecule has 6 nitrogen and oxygen atoms in total. The average Bonchev–Trinajstić information content (AvgIpc) is 2.84. The number of primary amides is 1. The van der Waals surface area contributed by atoms with Crippen molar-refractivity contribution in [1.82, 2.24) is 5.32 Å². The number of nitrogens with two attached hydrogens (primary N) is 1. The van der Waals surface area contributed by atoms with Crippen molar-refractivity contribution in [2.75, 3.05) is 7.05 Å². The molecule has 0 bridgehead atoms. The fourth-order valence-electron chi connectivity index (χ4n) is 2.56. The van der Waals surface area contributed by atoms with Gasteiger partial charge in [-0.25, -0.2) is 0 Å². The molecule has 0 aliphatic heterocycles. The lowest BCUT2D eigenvalue weighted by Gasteiger charge is -2.24. The number of benzene rings is 1. The molecule has 20 heavy (non-hydrogen) atoms. The first-order chi connectivity index (χ1) is 9.48. The van der Waals surface area contributed by atoms with Crippen LogP contribution in [0.5, 0.6) is 0 Å². The molecule has 0 heterocycles. The Hall–Kier alpha value is -1.60. The zero-order valence-corrected chi connectivity index (χ0v) is 12.0. The summed E-state index contributed by atoms with van der Waals surface area (Å²) in [7, 11) is 1.72. The van der Waals surface area contributed by atoms with Crippen molar-refractivity contribution in [1.29, 1.82) is 0 Å². The number of hydrogen-bond acceptors (Lipinski definition) is 5. The van der Waals surface area contributed by atoms with Crippen LogP contribution in [0.3, 0.4) is 0 Å². The largest absolute Gasteiger partial charge is 0.368 e. The summed E-state index contributed by atoms with van der Waals surface area (Å²) < 4.78 is 0. The summed E-state index contributed by atoms with van der Waals surface area (Å²) in [6.07, 6.45) is 2.06. The van der Waals surface area contributed by atoms with E-state index in [9.17, 15) is 14.9 Å². The number of nitrogens with zero attached hydrogens (tertiary/aromatic N) is 1. The summed E-state index contributed by atoms with van der Waals surface area (Å²) in [5.74, 6) is -0.356. The van der Waals surface area contributed by atoms with E-state index in [1.54, 1.807) is 25.2 Å². The van der Waals surface area contributed by atoms with Gasteiger partial charge in [0.1, 0.15) is 0 Å². The standard InChI is InChI=1S/C13H17N3O3S/c1-15-13(12(14)17)7-6-9(8-13)20-11-5-3-2-4-10(11)16(18)19/h2-5,9,15H,6-8H2,1H3,(H2,14,17). The molecule has 0 saturated heterocycles. The van der Waals surface area contributed by atoms with Gasteiger partial charge in [-0.2, -0.15) is 0 Å². The fraction of sp³-hybridized carbons (Fsp3) is 0.462. The number of nitro benzene ring substituents is 1. The van der Waals surface area contributed by atoms with Gasteiger partial charge in [-0.05, 0) is 32.4 Å². The van der Waals surface area contributed by atoms with E-state index in [1.165, 1.54) is 17.8 Å². The van der Waals surface area contributed by atoms with Crippen LogP contribution in [0.1, 0.15) is 19.3 Å². The molecular weight excluding hydrogens is 278 g/mol. The van der Waals surface area contributed by atoms with Crippen LogP contribution >= 0.6 is 11.8 Å². The van der Waals surface area contributed by atoms with Crippen LogP contribution in [0.4, 0.5) is 5.69 Å². The molecular formula is C13H17N3O3S. The number of hydrogen-bond donors (Lipinski definition) is 2. The smallest absolute Gasteiger partial charge is 0.282 e. The van der Waals surface area contributed by atoms with Gasteiger partial charge in [0, 0.05) is 11.3 Å². The lowest BCUT2D eigenvalue weighted by atomic mass is 9.97. The first kappa shape index (κ1) is 14.8. The van der Waals surface area contributed by atoms with E-state index in [4.69, 9.17) is 5.73 Å². The molecule has 2 rings (SSSR count). The molecule has 0 radical (unpaired) electrons. The number of thioether (sulfide) groups is 1. The Labute approximate surface area is 121 Å². The van der Waals surface area contributed by atoms with Gasteiger partial charge in [-0.1, -0.05) is 12.1 Å². The quantitative estimate of drug-likeness (QED) is 0.636. The highest BCUT2D eigenvalue weighted by Gasteiger charge is 2.43. The van der Waals surface area contributed by atoms with Gasteiger partial charge in [0.2, 0.25) is 5.91 Å². The maximum Gasteiger partial charge on any atom is 0.282 e. The highest BCUT2D eigenvalue weighted by Crippen LogP contribution is 2.42. The molecule has 1 fully saturated rings. The van der Waals surface area contributed by atoms with Gasteiger partial charge in [0.05, 0.1) is 15.4 Å². The normalized spacial score (nSPS) is 25.6. The summed E-state index contributed by atoms with van der Waals surface area (Å²) in [5, 5.41) is 14.2. The number of likely N-dealkylation sites (N-methyl/N-ethyl adjacent to an activating group) is 1. The van der Waals surface area contributed by atoms with E-state index in [0.717, 1.165) is 6.42 Å². The first-order valence-corrected chi connectivity index (χ1v) is 7.25. The lowest BCUT2D eigenvalue weighted by Crippen LogP contribution is -2.52. The van der Waals surface area contributed by atoms with Gasteiger partial charge in [-0.15, -0.1) is 11.8 Å². The molecule has 1 aliphatic carbocycles. The van der Waals surface area contributed by atoms with Gasteiger partial charge in [0.15, 0.2) is 0 Å². The van der Waals surface area contributed by atoms with Gasteiger partial charge >= 0.3 is 0 Å². The molecule has 1 amide bonds. The molecule has 7 heteroatoms. The Balaban J connectivity index is 2.13. The van der Waals surface area contributed by atoms with Crippen molar-refractivity contribution < 1.29 is 9.72 Å². The number of nitrogens with one attached hydrogen (secondary N) is 1. The maximum absolute atomic E-state index is 11.6. The number of rotatable bonds is 5. The Morgan fingerprint density at radius 2 is 2.25 bits per heavy atom. The van der Waals surface area contributed by atoms with E-state index < -0.39 is 5.54 Å². The Bertz CT molecular complexity index is 537. The summed E-state index contributed by atoms with van der Waals surface area (Å²) in [5.41, 5.74) is 4.89. The minimum absolute atomic E-state index is 0.110. The zero-order chi connectivity index (χ0) is 14.8. The van der Waals surface area contributed by atoms with Gasteiger partial charge < -0.3 is 11.1 Å². The molecule has 1 aromatic carbocycles. The van der Waals surface area contributed by atoms with Crippen molar-refractivity contribution in [2.24, 2.45) is 5.73 Å². The SMILES string of the molecule is CNC1(C(N)=O)CCC(Sc2ccccc2[N+](=O)[O-])C1. The highest BCUT2D eigenvalue weighted by atomic mass is 32.2. The molecule has 1 aromatic rings. The maximum atomic E-state index is 11.6. The van der Waals surface area contributed by atoms with Gasteiger partial charge in [-0.3, -0.25) is 14.9 Å². The third-order valence-corrected chi connectivity index (χ3v) is 5.11. The Kier molecular flexibility index (Phi) is 4.29. The van der Waals surface area contributed by atoms with Crippen LogP contribution in [0, 0.1) is 10.1 Å². The van der Waals surface area contributed by atoms with E-state index in [0.29, 0.717) is 17.7 Å². The van der Waals surface area contributed by atoms with E-state index >= 15 is 0 Å². The van der Waals surface area contributed by atoms with Crippen molar-refractivity contribution in [3.63, 3.8) is 0 Å². The van der Waals surface area contributed by atoms with Gasteiger partial charge in [0.25, 0.3) is 5.69 Å². The second kappa shape index (κ2) is 5.80. The number of para-hydroxylation sites is 1. The molecule has 108 valence electrons. The summed E-state index contributed by atoms with van der Waals surface area (Å²) >= 11 is 1.45. The fourth-order valence-corrected chi connectivity index (χ4v) is 3.95. The van der Waals surface area contributed by atoms with Crippen molar-refractivity contribution in [2.45, 2.75) is 34.9 Å². The van der Waals surface area contributed by atoms with E-state index in [-0.39, 0.29) is 21.8 Å². The molecule has 0 aromatic heterocycles. The third-order valence-electron chi connectivity index (χ3n) is 3.78. The van der Waals surface area contributed by atoms with Crippen molar-refractivity contribution in [3.05, 3.63) is 34.4 Å². The summed E-state index contributed by atoms with van der Waals surface area (Å²) in [6, 6.07) is 6.67. The van der Waals surface area contributed by atoms with Crippen LogP contribution in [0.15, 0.2) is 29.2 Å². The third kappa shape index (κ3) is 2.78. The van der Waals surface area contributed by atoms with Crippen LogP contribution in [-0.2, 0) is 4.79 Å². The zero-order valence-electron chi connectivity index (χ0n) is 11.2. The van der Waals surface area contributed by atoms with Crippen LogP contribution in [0.2, 0.25) is 0 Å². The number of nitro groups is 1. The second-order valence-corrected chi connectivity index (χ2v) is 6.25. The summed E-state index contributed by atoms with van der Waals surface area (Å²) in [6.45, 7) is 0. The Morgan fingerprint density at radius 3 is 2.80 bits per heavy atom. The molecule has 0 spiro atoms. The first-order valence-electron chi connectivity index (χ1n) is 6.37. The molecule has 2 unspecified atom stereocenters. The molecule has 1 aliphatic rings. The minimum Gasteiger partial charge on any atom is -0.368 e. The average molecular weight is 295 g/mol. The topological polar surface area (TPSA) is 98.3 Å². The van der Waals surface area contributed by atoms with Crippen LogP contribution in [-0.4, -0.2) is 28.7 Å². The predicted molar refractivity (Wildman–Crippen MR) is 77.6 cm³/mol. The monoisotopic (exact) mass is 295 g/mol. The predicted octanol–water partition coefficient (Wildman–Crippen LogP) is 1.68. The van der Waals surface area contributed by atoms with E-state index in [2.05, 4.69) is 5.32 Å². The van der Waals surface area contributed by atoms with Crippen LogP contribution < -0.4 is 11.1 Å². The van der Waals surface area contributed by atoms with Crippen LogP contribution in [0.25, 0.3) is 0 Å². The number of carbonyl (C=O) groups is 1. The minimum atomic E-state index is -0.679. The number of amides is 1. The molecule has 2 atom stereocenters. The molecule has 1 saturated carbocycles. The van der Waals surface area contributed by atoms with Crippen molar-refractivity contribution in [3.8, 4) is 0 Å².